The van der Waals surface area contributed by atoms with E-state index in [1.54, 1.807) is 63.8 Å². The molecule has 1 atom stereocenters. The number of hydrogen-bond acceptors (Lipinski definition) is 5. The minimum absolute atomic E-state index is 0.216. The molecule has 7 nitrogen and oxygen atoms in total. The summed E-state index contributed by atoms with van der Waals surface area (Å²) in [5, 5.41) is 0. The topological polar surface area (TPSA) is 77.8 Å². The van der Waals surface area contributed by atoms with Crippen molar-refractivity contribution in [2.24, 2.45) is 0 Å². The van der Waals surface area contributed by atoms with Crippen molar-refractivity contribution in [1.82, 2.24) is 9.47 Å². The number of carbonyl (C=O) groups excluding carboxylic acids is 3. The first-order valence-corrected chi connectivity index (χ1v) is 10.0. The van der Waals surface area contributed by atoms with E-state index in [-0.39, 0.29) is 18.3 Å². The summed E-state index contributed by atoms with van der Waals surface area (Å²) in [5.74, 6) is -0.284. The Bertz CT molecular complexity index is 943. The first-order chi connectivity index (χ1) is 14.2. The zero-order valence-electron chi connectivity index (χ0n) is 18.7. The van der Waals surface area contributed by atoms with Crippen LogP contribution in [0.5, 0.6) is 5.75 Å². The van der Waals surface area contributed by atoms with Crippen LogP contribution in [0.15, 0.2) is 24.3 Å². The van der Waals surface area contributed by atoms with Crippen LogP contribution in [0.3, 0.4) is 0 Å². The maximum Gasteiger partial charge on any atom is 0.355 e. The van der Waals surface area contributed by atoms with Crippen molar-refractivity contribution in [2.45, 2.75) is 47.2 Å². The lowest BCUT2D eigenvalue weighted by atomic mass is 9.99. The first kappa shape index (κ1) is 23.2. The highest BCUT2D eigenvalue weighted by molar-refractivity contribution is 6.07. The van der Waals surface area contributed by atoms with Gasteiger partial charge in [0, 0.05) is 30.4 Å². The highest BCUT2D eigenvalue weighted by atomic mass is 16.5. The molecule has 30 heavy (non-hydrogen) atoms. The fourth-order valence-electron chi connectivity index (χ4n) is 3.61. The second-order valence-corrected chi connectivity index (χ2v) is 7.08. The summed E-state index contributed by atoms with van der Waals surface area (Å²) in [6.07, 6.45) is 0. The van der Waals surface area contributed by atoms with Crippen molar-refractivity contribution in [2.75, 3.05) is 20.8 Å². The normalized spacial score (nSPS) is 11.7. The maximum absolute atomic E-state index is 13.3. The van der Waals surface area contributed by atoms with E-state index in [4.69, 9.17) is 9.47 Å². The molecule has 7 heteroatoms. The molecule has 0 saturated carbocycles. The van der Waals surface area contributed by atoms with Gasteiger partial charge in [-0.3, -0.25) is 9.59 Å². The van der Waals surface area contributed by atoms with Crippen LogP contribution in [0.2, 0.25) is 0 Å². The van der Waals surface area contributed by atoms with Gasteiger partial charge in [0.25, 0.3) is 5.91 Å². The summed E-state index contributed by atoms with van der Waals surface area (Å²) >= 11 is 0. The maximum atomic E-state index is 13.3. The number of nitrogens with zero attached hydrogens (tertiary/aromatic N) is 2. The fourth-order valence-corrected chi connectivity index (χ4v) is 3.61. The van der Waals surface area contributed by atoms with Crippen molar-refractivity contribution in [3.05, 3.63) is 52.3 Å². The zero-order chi connectivity index (χ0) is 22.6. The minimum atomic E-state index is -0.709. The van der Waals surface area contributed by atoms with Crippen molar-refractivity contribution in [3.8, 4) is 5.75 Å². The van der Waals surface area contributed by atoms with Crippen LogP contribution in [0.4, 0.5) is 0 Å². The van der Waals surface area contributed by atoms with E-state index in [1.165, 1.54) is 4.90 Å². The van der Waals surface area contributed by atoms with E-state index in [9.17, 15) is 14.4 Å². The smallest absolute Gasteiger partial charge is 0.355 e. The lowest BCUT2D eigenvalue weighted by Gasteiger charge is -2.24. The second-order valence-electron chi connectivity index (χ2n) is 7.08. The molecule has 0 aliphatic carbocycles. The van der Waals surface area contributed by atoms with Gasteiger partial charge in [0.05, 0.1) is 19.8 Å². The Morgan fingerprint density at radius 3 is 2.20 bits per heavy atom. The van der Waals surface area contributed by atoms with Crippen molar-refractivity contribution in [3.63, 3.8) is 0 Å². The third kappa shape index (κ3) is 4.25. The van der Waals surface area contributed by atoms with Crippen LogP contribution in [0.1, 0.15) is 63.2 Å². The third-order valence-corrected chi connectivity index (χ3v) is 5.42. The van der Waals surface area contributed by atoms with Gasteiger partial charge in [0.2, 0.25) is 0 Å². The van der Waals surface area contributed by atoms with Gasteiger partial charge >= 0.3 is 5.97 Å². The van der Waals surface area contributed by atoms with Gasteiger partial charge in [-0.2, -0.15) is 0 Å². The Morgan fingerprint density at radius 1 is 1.10 bits per heavy atom. The summed E-state index contributed by atoms with van der Waals surface area (Å²) < 4.78 is 12.1. The average Bonchev–Trinajstić information content (AvgIpc) is 3.01. The Morgan fingerprint density at radius 2 is 1.70 bits per heavy atom. The van der Waals surface area contributed by atoms with Crippen LogP contribution in [0, 0.1) is 13.8 Å². The Hall–Kier alpha value is -3.09. The number of ether oxygens (including phenoxy) is 2. The van der Waals surface area contributed by atoms with E-state index in [0.29, 0.717) is 40.4 Å². The van der Waals surface area contributed by atoms with Gasteiger partial charge in [0.15, 0.2) is 5.78 Å². The number of rotatable bonds is 8. The number of aromatic nitrogens is 1. The lowest BCUT2D eigenvalue weighted by molar-refractivity contribution is 0.0512. The molecule has 1 amide bonds. The SMILES string of the molecule is CCOC(=O)c1c(C)c(C(=O)C(C)N(C)C(=O)c2ccc(OC)cc2)c(C)n1CC. The molecule has 0 spiro atoms. The van der Waals surface area contributed by atoms with E-state index in [0.717, 1.165) is 0 Å². The predicted octanol–water partition coefficient (Wildman–Crippen LogP) is 3.65. The number of ketones is 1. The summed E-state index contributed by atoms with van der Waals surface area (Å²) in [7, 11) is 3.16. The van der Waals surface area contributed by atoms with Gasteiger partial charge in [-0.1, -0.05) is 0 Å². The Labute approximate surface area is 177 Å². The molecular weight excluding hydrogens is 384 g/mol. The molecule has 0 N–H and O–H groups in total. The predicted molar refractivity (Wildman–Crippen MR) is 114 cm³/mol. The summed E-state index contributed by atoms with van der Waals surface area (Å²) in [6.45, 7) is 9.69. The molecule has 0 bridgehead atoms. The molecule has 2 rings (SSSR count). The molecule has 162 valence electrons. The third-order valence-electron chi connectivity index (χ3n) is 5.42. The van der Waals surface area contributed by atoms with Crippen LogP contribution in [-0.4, -0.2) is 53.9 Å². The number of carbonyl (C=O) groups is 3. The fraction of sp³-hybridized carbons (Fsp3) is 0.435. The van der Waals surface area contributed by atoms with Gasteiger partial charge in [-0.15, -0.1) is 0 Å². The second kappa shape index (κ2) is 9.61. The highest BCUT2D eigenvalue weighted by Crippen LogP contribution is 2.26. The van der Waals surface area contributed by atoms with Crippen molar-refractivity contribution >= 4 is 17.7 Å². The number of Topliss-reactive ketones (excluding diaryl/α,β-unsaturated/α-hetero) is 1. The van der Waals surface area contributed by atoms with E-state index in [1.807, 2.05) is 13.8 Å². The molecule has 0 saturated heterocycles. The molecule has 1 aromatic carbocycles. The summed E-state index contributed by atoms with van der Waals surface area (Å²) in [4.78, 5) is 40.1. The first-order valence-electron chi connectivity index (χ1n) is 10.0. The van der Waals surface area contributed by atoms with Crippen molar-refractivity contribution < 1.29 is 23.9 Å². The van der Waals surface area contributed by atoms with E-state index in [2.05, 4.69) is 0 Å². The molecule has 0 aliphatic heterocycles. The van der Waals surface area contributed by atoms with Gasteiger partial charge in [-0.05, 0) is 64.4 Å². The quantitative estimate of drug-likeness (QED) is 0.487. The van der Waals surface area contributed by atoms with Crippen LogP contribution in [-0.2, 0) is 11.3 Å². The van der Waals surface area contributed by atoms with Gasteiger partial charge < -0.3 is 18.9 Å². The molecule has 1 unspecified atom stereocenters. The van der Waals surface area contributed by atoms with Gasteiger partial charge in [-0.25, -0.2) is 4.79 Å². The molecule has 0 aliphatic rings. The molecule has 0 fully saturated rings. The molecule has 1 aromatic heterocycles. The summed E-state index contributed by atoms with van der Waals surface area (Å²) in [5.41, 5.74) is 2.58. The van der Waals surface area contributed by atoms with Crippen molar-refractivity contribution in [1.29, 1.82) is 0 Å². The Kier molecular flexibility index (Phi) is 7.43. The van der Waals surface area contributed by atoms with E-state index < -0.39 is 12.0 Å². The molecule has 1 heterocycles. The number of amides is 1. The number of likely N-dealkylation sites (N-methyl/N-ethyl adjacent to an activating group) is 1. The van der Waals surface area contributed by atoms with Crippen LogP contribution < -0.4 is 4.74 Å². The standard InChI is InChI=1S/C23H30N2O5/c1-8-25-15(4)19(14(3)20(25)23(28)30-9-2)21(26)16(5)24(6)22(27)17-10-12-18(29-7)13-11-17/h10-13,16H,8-9H2,1-7H3. The lowest BCUT2D eigenvalue weighted by Crippen LogP contribution is -2.40. The van der Waals surface area contributed by atoms with Crippen LogP contribution >= 0.6 is 0 Å². The van der Waals surface area contributed by atoms with E-state index >= 15 is 0 Å². The molecular formula is C23H30N2O5. The molecule has 0 radical (unpaired) electrons. The largest absolute Gasteiger partial charge is 0.497 e. The number of esters is 1. The van der Waals surface area contributed by atoms with Gasteiger partial charge in [0.1, 0.15) is 11.4 Å². The number of hydrogen-bond donors (Lipinski definition) is 0. The highest BCUT2D eigenvalue weighted by Gasteiger charge is 2.31. The Balaban J connectivity index is 2.36. The zero-order valence-corrected chi connectivity index (χ0v) is 18.7. The average molecular weight is 415 g/mol. The van der Waals surface area contributed by atoms with Crippen LogP contribution in [0.25, 0.3) is 0 Å². The number of methoxy groups -OCH3 is 1. The minimum Gasteiger partial charge on any atom is -0.497 e. The number of benzene rings is 1. The monoisotopic (exact) mass is 414 g/mol. The summed E-state index contributed by atoms with van der Waals surface area (Å²) in [6, 6.07) is 6.03. The molecule has 2 aromatic rings.